The van der Waals surface area contributed by atoms with Crippen LogP contribution in [0.5, 0.6) is 5.75 Å². The lowest BCUT2D eigenvalue weighted by Gasteiger charge is -2.25. The van der Waals surface area contributed by atoms with E-state index in [2.05, 4.69) is 5.32 Å². The molecule has 1 N–H and O–H groups in total. The second-order valence-electron chi connectivity index (χ2n) is 5.28. The van der Waals surface area contributed by atoms with Gasteiger partial charge in [-0.3, -0.25) is 4.79 Å². The third-order valence-electron chi connectivity index (χ3n) is 3.93. The smallest absolute Gasteiger partial charge is 0.247 e. The Hall–Kier alpha value is -1.60. The van der Waals surface area contributed by atoms with E-state index in [0.717, 1.165) is 5.56 Å². The van der Waals surface area contributed by atoms with Crippen LogP contribution in [0.2, 0.25) is 0 Å². The van der Waals surface area contributed by atoms with Crippen LogP contribution in [0.3, 0.4) is 0 Å². The minimum absolute atomic E-state index is 0.166. The molecule has 1 fully saturated rings. The van der Waals surface area contributed by atoms with Crippen molar-refractivity contribution < 1.29 is 17.9 Å². The van der Waals surface area contributed by atoms with Crippen molar-refractivity contribution in [3.8, 4) is 5.75 Å². The highest BCUT2D eigenvalue weighted by Crippen LogP contribution is 2.35. The fraction of sp³-hybridized carbons (Fsp3) is 0.500. The lowest BCUT2D eigenvalue weighted by atomic mass is 10.2. The highest BCUT2D eigenvalue weighted by atomic mass is 32.2. The molecule has 0 bridgehead atoms. The van der Waals surface area contributed by atoms with Crippen molar-refractivity contribution >= 4 is 15.9 Å². The van der Waals surface area contributed by atoms with Gasteiger partial charge < -0.3 is 10.1 Å². The van der Waals surface area contributed by atoms with Crippen LogP contribution in [0.25, 0.3) is 0 Å². The number of carbonyl (C=O) groups is 1. The van der Waals surface area contributed by atoms with Crippen molar-refractivity contribution in [3.63, 3.8) is 0 Å². The van der Waals surface area contributed by atoms with Gasteiger partial charge in [0, 0.05) is 19.5 Å². The second-order valence-corrected chi connectivity index (χ2v) is 7.14. The number of nitrogens with one attached hydrogen (secondary N) is 1. The third kappa shape index (κ3) is 2.40. The highest BCUT2D eigenvalue weighted by molar-refractivity contribution is 7.89. The first kappa shape index (κ1) is 14.3. The van der Waals surface area contributed by atoms with Crippen LogP contribution < -0.4 is 10.1 Å². The molecule has 1 amide bonds. The Balaban J connectivity index is 2.04. The first-order chi connectivity index (χ1) is 10.0. The van der Waals surface area contributed by atoms with Crippen LogP contribution in [0.15, 0.2) is 23.1 Å². The van der Waals surface area contributed by atoms with Crippen molar-refractivity contribution in [3.05, 3.63) is 23.8 Å². The van der Waals surface area contributed by atoms with Crippen LogP contribution >= 0.6 is 0 Å². The maximum absolute atomic E-state index is 12.9. The maximum Gasteiger partial charge on any atom is 0.247 e. The van der Waals surface area contributed by atoms with Gasteiger partial charge in [0.15, 0.2) is 0 Å². The molecule has 1 saturated heterocycles. The Morgan fingerprint density at radius 1 is 1.38 bits per heavy atom. The molecule has 1 atom stereocenters. The Kier molecular flexibility index (Phi) is 3.62. The molecule has 0 radical (unpaired) electrons. The monoisotopic (exact) mass is 310 g/mol. The van der Waals surface area contributed by atoms with Crippen molar-refractivity contribution in [1.82, 2.24) is 9.62 Å². The number of sulfonamides is 1. The van der Waals surface area contributed by atoms with E-state index in [1.807, 2.05) is 6.07 Å². The summed E-state index contributed by atoms with van der Waals surface area (Å²) in [5, 5.41) is 2.72. The molecule has 3 rings (SSSR count). The minimum Gasteiger partial charge on any atom is -0.492 e. The first-order valence-corrected chi connectivity index (χ1v) is 8.50. The summed E-state index contributed by atoms with van der Waals surface area (Å²) in [4.78, 5) is 12.1. The fourth-order valence-corrected chi connectivity index (χ4v) is 4.57. The molecule has 0 unspecified atom stereocenters. The number of rotatable bonds is 2. The summed E-state index contributed by atoms with van der Waals surface area (Å²) in [5.41, 5.74) is 0.906. The van der Waals surface area contributed by atoms with Gasteiger partial charge in [0.25, 0.3) is 0 Å². The molecule has 0 saturated carbocycles. The van der Waals surface area contributed by atoms with Crippen molar-refractivity contribution in [2.24, 2.45) is 0 Å². The summed E-state index contributed by atoms with van der Waals surface area (Å²) < 4.78 is 32.6. The van der Waals surface area contributed by atoms with Gasteiger partial charge in [0.1, 0.15) is 16.7 Å². The summed E-state index contributed by atoms with van der Waals surface area (Å²) in [7, 11) is -3.75. The van der Waals surface area contributed by atoms with E-state index in [1.165, 1.54) is 4.31 Å². The second kappa shape index (κ2) is 5.31. The Morgan fingerprint density at radius 2 is 2.19 bits per heavy atom. The van der Waals surface area contributed by atoms with Crippen molar-refractivity contribution in [2.45, 2.75) is 30.7 Å². The molecule has 21 heavy (non-hydrogen) atoms. The molecule has 7 heteroatoms. The molecule has 0 aliphatic carbocycles. The van der Waals surface area contributed by atoms with Crippen LogP contribution in [-0.2, 0) is 21.2 Å². The summed E-state index contributed by atoms with van der Waals surface area (Å²) in [6.07, 6.45) is 1.32. The normalized spacial score (nSPS) is 23.1. The maximum atomic E-state index is 12.9. The zero-order chi connectivity index (χ0) is 15.0. The molecule has 0 aromatic heterocycles. The van der Waals surface area contributed by atoms with Gasteiger partial charge in [-0.25, -0.2) is 8.42 Å². The van der Waals surface area contributed by atoms with Crippen molar-refractivity contribution in [1.29, 1.82) is 0 Å². The van der Waals surface area contributed by atoms with Gasteiger partial charge in [-0.2, -0.15) is 4.31 Å². The van der Waals surface area contributed by atoms with Crippen molar-refractivity contribution in [2.75, 3.05) is 19.7 Å². The standard InChI is InChI=1S/C14H18N2O4S/c1-10-14(17)15-7-3-8-16(10)21(18,19)12-5-2-4-11-6-9-20-13(11)12/h2,4-5,10H,3,6-9H2,1H3,(H,15,17)/t10-/m1/s1. The molecule has 2 aliphatic heterocycles. The molecule has 2 aliphatic rings. The Morgan fingerprint density at radius 3 is 3.00 bits per heavy atom. The predicted molar refractivity (Wildman–Crippen MR) is 76.6 cm³/mol. The summed E-state index contributed by atoms with van der Waals surface area (Å²) in [6, 6.07) is 4.44. The number of carbonyl (C=O) groups excluding carboxylic acids is 1. The Bertz CT molecular complexity index is 672. The number of nitrogens with zero attached hydrogens (tertiary/aromatic N) is 1. The van der Waals surface area contributed by atoms with E-state index >= 15 is 0 Å². The lowest BCUT2D eigenvalue weighted by molar-refractivity contribution is -0.123. The molecule has 1 aromatic carbocycles. The van der Waals surface area contributed by atoms with Gasteiger partial charge >= 0.3 is 0 Å². The summed E-state index contributed by atoms with van der Waals surface area (Å²) in [5.74, 6) is 0.180. The van der Waals surface area contributed by atoms with E-state index in [1.54, 1.807) is 19.1 Å². The zero-order valence-electron chi connectivity index (χ0n) is 11.8. The van der Waals surface area contributed by atoms with Gasteiger partial charge in [-0.05, 0) is 25.0 Å². The van der Waals surface area contributed by atoms with Crippen LogP contribution in [-0.4, -0.2) is 44.4 Å². The van der Waals surface area contributed by atoms with E-state index in [0.29, 0.717) is 38.3 Å². The summed E-state index contributed by atoms with van der Waals surface area (Å²) in [6.45, 7) is 2.94. The predicted octanol–water partition coefficient (Wildman–Crippen LogP) is 0.521. The number of hydrogen-bond acceptors (Lipinski definition) is 4. The SMILES string of the molecule is C[C@@H]1C(=O)NCCCN1S(=O)(=O)c1cccc2c1OCC2. The molecule has 6 nitrogen and oxygen atoms in total. The van der Waals surface area contributed by atoms with Gasteiger partial charge in [-0.15, -0.1) is 0 Å². The molecule has 2 heterocycles. The van der Waals surface area contributed by atoms with E-state index in [-0.39, 0.29) is 10.8 Å². The number of ether oxygens (including phenoxy) is 1. The average molecular weight is 310 g/mol. The number of para-hydroxylation sites is 1. The van der Waals surface area contributed by atoms with Crippen LogP contribution in [0, 0.1) is 0 Å². The number of amides is 1. The van der Waals surface area contributed by atoms with Gasteiger partial charge in [0.05, 0.1) is 6.61 Å². The quantitative estimate of drug-likeness (QED) is 0.864. The zero-order valence-corrected chi connectivity index (χ0v) is 12.6. The molecule has 0 spiro atoms. The lowest BCUT2D eigenvalue weighted by Crippen LogP contribution is -2.45. The number of fused-ring (bicyclic) bond motifs is 1. The van der Waals surface area contributed by atoms with E-state index < -0.39 is 16.1 Å². The van der Waals surface area contributed by atoms with E-state index in [9.17, 15) is 13.2 Å². The fourth-order valence-electron chi connectivity index (χ4n) is 2.76. The molecular weight excluding hydrogens is 292 g/mol. The van der Waals surface area contributed by atoms with Crippen LogP contribution in [0.4, 0.5) is 0 Å². The third-order valence-corrected chi connectivity index (χ3v) is 5.92. The number of benzene rings is 1. The molecule has 114 valence electrons. The topological polar surface area (TPSA) is 75.7 Å². The molecular formula is C14H18N2O4S. The number of hydrogen-bond donors (Lipinski definition) is 1. The van der Waals surface area contributed by atoms with Gasteiger partial charge in [0.2, 0.25) is 15.9 Å². The average Bonchev–Trinajstić information content (AvgIpc) is 2.87. The van der Waals surface area contributed by atoms with Gasteiger partial charge in [-0.1, -0.05) is 12.1 Å². The van der Waals surface area contributed by atoms with Crippen LogP contribution in [0.1, 0.15) is 18.9 Å². The highest BCUT2D eigenvalue weighted by Gasteiger charge is 2.37. The first-order valence-electron chi connectivity index (χ1n) is 7.06. The van der Waals surface area contributed by atoms with E-state index in [4.69, 9.17) is 4.74 Å². The minimum atomic E-state index is -3.75. The Labute approximate surface area is 124 Å². The molecule has 1 aromatic rings. The largest absolute Gasteiger partial charge is 0.492 e. The summed E-state index contributed by atoms with van der Waals surface area (Å²) >= 11 is 0.